The first-order valence-corrected chi connectivity index (χ1v) is 6.35. The fraction of sp³-hybridized carbons (Fsp3) is 0.538. The lowest BCUT2D eigenvalue weighted by atomic mass is 10.1. The Kier molecular flexibility index (Phi) is 4.80. The number of hydrogen-bond donors (Lipinski definition) is 1. The van der Waals surface area contributed by atoms with Gasteiger partial charge in [0.25, 0.3) is 0 Å². The van der Waals surface area contributed by atoms with Crippen LogP contribution in [0, 0.1) is 0 Å². The standard InChI is InChI=1S/C13H18ClNO2/c14-13-4-2-1-3-11(13)9-12-10-15(5-7-16)6-8-17-12/h1-4,12,16H,5-10H2/t12-/m0/s1. The van der Waals surface area contributed by atoms with Gasteiger partial charge in [-0.05, 0) is 11.6 Å². The average Bonchev–Trinajstić information content (AvgIpc) is 2.33. The summed E-state index contributed by atoms with van der Waals surface area (Å²) in [5.41, 5.74) is 1.13. The van der Waals surface area contributed by atoms with Crippen molar-refractivity contribution in [3.05, 3.63) is 34.9 Å². The maximum Gasteiger partial charge on any atom is 0.0743 e. The summed E-state index contributed by atoms with van der Waals surface area (Å²) in [6, 6.07) is 7.88. The predicted molar refractivity (Wildman–Crippen MR) is 68.4 cm³/mol. The molecule has 4 heteroatoms. The summed E-state index contributed by atoms with van der Waals surface area (Å²) in [5, 5.41) is 9.74. The van der Waals surface area contributed by atoms with Crippen LogP contribution in [0.25, 0.3) is 0 Å². The third-order valence-corrected chi connectivity index (χ3v) is 3.41. The van der Waals surface area contributed by atoms with Gasteiger partial charge in [0, 0.05) is 31.1 Å². The third kappa shape index (κ3) is 3.68. The number of hydrogen-bond acceptors (Lipinski definition) is 3. The average molecular weight is 256 g/mol. The molecule has 0 spiro atoms. The molecule has 0 amide bonds. The van der Waals surface area contributed by atoms with E-state index in [4.69, 9.17) is 21.4 Å². The summed E-state index contributed by atoms with van der Waals surface area (Å²) in [5.74, 6) is 0. The predicted octanol–water partition coefficient (Wildman–Crippen LogP) is 1.58. The van der Waals surface area contributed by atoms with Crippen LogP contribution in [-0.4, -0.2) is 49.0 Å². The van der Waals surface area contributed by atoms with E-state index in [-0.39, 0.29) is 12.7 Å². The minimum atomic E-state index is 0.176. The molecule has 2 rings (SSSR count). The fourth-order valence-electron chi connectivity index (χ4n) is 2.16. The van der Waals surface area contributed by atoms with Gasteiger partial charge in [0.1, 0.15) is 0 Å². The molecule has 0 unspecified atom stereocenters. The molecule has 1 aromatic carbocycles. The second kappa shape index (κ2) is 6.36. The number of rotatable bonds is 4. The Morgan fingerprint density at radius 1 is 1.41 bits per heavy atom. The van der Waals surface area contributed by atoms with Crippen LogP contribution in [0.4, 0.5) is 0 Å². The van der Waals surface area contributed by atoms with Crippen LogP contribution in [0.3, 0.4) is 0 Å². The largest absolute Gasteiger partial charge is 0.395 e. The Bertz CT molecular complexity index is 357. The van der Waals surface area contributed by atoms with Gasteiger partial charge in [0.2, 0.25) is 0 Å². The van der Waals surface area contributed by atoms with Gasteiger partial charge in [-0.2, -0.15) is 0 Å². The summed E-state index contributed by atoms with van der Waals surface area (Å²) in [4.78, 5) is 2.23. The number of ether oxygens (including phenoxy) is 1. The van der Waals surface area contributed by atoms with Crippen molar-refractivity contribution in [2.45, 2.75) is 12.5 Å². The highest BCUT2D eigenvalue weighted by Crippen LogP contribution is 2.19. The smallest absolute Gasteiger partial charge is 0.0743 e. The maximum atomic E-state index is 8.94. The van der Waals surface area contributed by atoms with Crippen molar-refractivity contribution in [2.75, 3.05) is 32.8 Å². The summed E-state index contributed by atoms with van der Waals surface area (Å²) in [7, 11) is 0. The van der Waals surface area contributed by atoms with E-state index in [1.807, 2.05) is 24.3 Å². The monoisotopic (exact) mass is 255 g/mol. The zero-order chi connectivity index (χ0) is 12.1. The topological polar surface area (TPSA) is 32.7 Å². The number of benzene rings is 1. The molecule has 94 valence electrons. The van der Waals surface area contributed by atoms with Crippen LogP contribution in [0.15, 0.2) is 24.3 Å². The molecular weight excluding hydrogens is 238 g/mol. The first-order valence-electron chi connectivity index (χ1n) is 5.98. The number of halogens is 1. The lowest BCUT2D eigenvalue weighted by Gasteiger charge is -2.32. The Morgan fingerprint density at radius 2 is 2.24 bits per heavy atom. The summed E-state index contributed by atoms with van der Waals surface area (Å²) in [6.07, 6.45) is 1.01. The number of aliphatic hydroxyl groups excluding tert-OH is 1. The SMILES string of the molecule is OCCN1CCO[C@@H](Cc2ccccc2Cl)C1. The highest BCUT2D eigenvalue weighted by molar-refractivity contribution is 6.31. The van der Waals surface area contributed by atoms with E-state index in [9.17, 15) is 0 Å². The number of morpholine rings is 1. The van der Waals surface area contributed by atoms with Gasteiger partial charge in [-0.15, -0.1) is 0 Å². The highest BCUT2D eigenvalue weighted by Gasteiger charge is 2.20. The number of nitrogens with zero attached hydrogens (tertiary/aromatic N) is 1. The van der Waals surface area contributed by atoms with Crippen LogP contribution in [0.1, 0.15) is 5.56 Å². The molecule has 0 aliphatic carbocycles. The van der Waals surface area contributed by atoms with Crippen LogP contribution < -0.4 is 0 Å². The van der Waals surface area contributed by atoms with Gasteiger partial charge in [-0.3, -0.25) is 4.90 Å². The molecule has 17 heavy (non-hydrogen) atoms. The van der Waals surface area contributed by atoms with Crippen molar-refractivity contribution in [3.8, 4) is 0 Å². The summed E-state index contributed by atoms with van der Waals surface area (Å²) in [6.45, 7) is 3.43. The number of β-amino-alcohol motifs (C(OH)–C–C–N with tert-alkyl or cyclic N) is 1. The van der Waals surface area contributed by atoms with Crippen molar-refractivity contribution in [3.63, 3.8) is 0 Å². The van der Waals surface area contributed by atoms with E-state index in [0.717, 1.165) is 43.2 Å². The van der Waals surface area contributed by atoms with E-state index in [0.29, 0.717) is 0 Å². The minimum absolute atomic E-state index is 0.176. The molecular formula is C13H18ClNO2. The zero-order valence-electron chi connectivity index (χ0n) is 9.81. The van der Waals surface area contributed by atoms with Crippen molar-refractivity contribution in [1.82, 2.24) is 4.90 Å². The molecule has 0 radical (unpaired) electrons. The van der Waals surface area contributed by atoms with E-state index in [1.54, 1.807) is 0 Å². The van der Waals surface area contributed by atoms with Crippen LogP contribution >= 0.6 is 11.6 Å². The molecule has 1 fully saturated rings. The van der Waals surface area contributed by atoms with Crippen molar-refractivity contribution in [1.29, 1.82) is 0 Å². The summed E-state index contributed by atoms with van der Waals surface area (Å²) >= 11 is 6.13. The normalized spacial score (nSPS) is 21.6. The van der Waals surface area contributed by atoms with E-state index < -0.39 is 0 Å². The van der Waals surface area contributed by atoms with E-state index in [1.165, 1.54) is 0 Å². The zero-order valence-corrected chi connectivity index (χ0v) is 10.6. The second-order valence-corrected chi connectivity index (χ2v) is 4.72. The molecule has 0 saturated carbocycles. The molecule has 1 aliphatic rings. The fourth-order valence-corrected chi connectivity index (χ4v) is 2.37. The molecule has 1 aliphatic heterocycles. The van der Waals surface area contributed by atoms with Gasteiger partial charge in [-0.25, -0.2) is 0 Å². The second-order valence-electron chi connectivity index (χ2n) is 4.31. The van der Waals surface area contributed by atoms with Gasteiger partial charge >= 0.3 is 0 Å². The highest BCUT2D eigenvalue weighted by atomic mass is 35.5. The van der Waals surface area contributed by atoms with Crippen LogP contribution in [0.5, 0.6) is 0 Å². The van der Waals surface area contributed by atoms with Crippen molar-refractivity contribution < 1.29 is 9.84 Å². The molecule has 1 N–H and O–H groups in total. The molecule has 1 heterocycles. The Hall–Kier alpha value is -0.610. The maximum absolute atomic E-state index is 8.94. The molecule has 3 nitrogen and oxygen atoms in total. The first kappa shape index (κ1) is 12.8. The first-order chi connectivity index (χ1) is 8.29. The molecule has 1 aromatic rings. The molecule has 0 aromatic heterocycles. The van der Waals surface area contributed by atoms with Gasteiger partial charge in [0.15, 0.2) is 0 Å². The van der Waals surface area contributed by atoms with E-state index in [2.05, 4.69) is 4.90 Å². The van der Waals surface area contributed by atoms with Crippen molar-refractivity contribution in [2.24, 2.45) is 0 Å². The summed E-state index contributed by atoms with van der Waals surface area (Å²) < 4.78 is 5.73. The lowest BCUT2D eigenvalue weighted by Crippen LogP contribution is -2.44. The Balaban J connectivity index is 1.92. The Labute approximate surface area is 107 Å². The van der Waals surface area contributed by atoms with Crippen molar-refractivity contribution >= 4 is 11.6 Å². The quantitative estimate of drug-likeness (QED) is 0.887. The van der Waals surface area contributed by atoms with Crippen LogP contribution in [0.2, 0.25) is 5.02 Å². The van der Waals surface area contributed by atoms with Crippen LogP contribution in [-0.2, 0) is 11.2 Å². The minimum Gasteiger partial charge on any atom is -0.395 e. The van der Waals surface area contributed by atoms with Gasteiger partial charge < -0.3 is 9.84 Å². The Morgan fingerprint density at radius 3 is 3.00 bits per heavy atom. The molecule has 1 atom stereocenters. The van der Waals surface area contributed by atoms with Gasteiger partial charge in [-0.1, -0.05) is 29.8 Å². The molecule has 1 saturated heterocycles. The third-order valence-electron chi connectivity index (χ3n) is 3.04. The lowest BCUT2D eigenvalue weighted by molar-refractivity contribution is -0.0313. The van der Waals surface area contributed by atoms with Gasteiger partial charge in [0.05, 0.1) is 19.3 Å². The molecule has 0 bridgehead atoms. The number of aliphatic hydroxyl groups is 1. The van der Waals surface area contributed by atoms with E-state index >= 15 is 0 Å².